The maximum atomic E-state index is 13.8. The average Bonchev–Trinajstić information content (AvgIpc) is 3.17. The number of hydrogen-bond acceptors (Lipinski definition) is 7. The molecule has 11 nitrogen and oxygen atoms in total. The molecule has 2 heterocycles. The Kier molecular flexibility index (Phi) is 8.48. The smallest absolute Gasteiger partial charge is 0.270 e. The van der Waals surface area contributed by atoms with Crippen molar-refractivity contribution in [3.63, 3.8) is 0 Å². The molecule has 0 bridgehead atoms. The SMILES string of the molecule is COCCCNC(=O)CN1CN(c2ccccc2)C2(CCN(C(=O)c3ccc([N+](=O)[O-])cc3Cl)CC2)C1=O. The van der Waals surface area contributed by atoms with Crippen LogP contribution in [0.4, 0.5) is 11.4 Å². The summed E-state index contributed by atoms with van der Waals surface area (Å²) in [5.41, 5.74) is -0.0463. The zero-order valence-corrected chi connectivity index (χ0v) is 21.9. The van der Waals surface area contributed by atoms with Crippen molar-refractivity contribution in [2.24, 2.45) is 0 Å². The molecule has 4 rings (SSSR count). The lowest BCUT2D eigenvalue weighted by Gasteiger charge is -2.43. The van der Waals surface area contributed by atoms with Crippen molar-refractivity contribution >= 4 is 40.7 Å². The van der Waals surface area contributed by atoms with Gasteiger partial charge in [-0.25, -0.2) is 0 Å². The molecule has 0 radical (unpaired) electrons. The molecule has 0 atom stereocenters. The molecule has 2 saturated heterocycles. The standard InChI is InChI=1S/C26H30ClN5O6/c1-38-15-5-12-28-23(33)17-30-18-31(19-6-3-2-4-7-19)26(25(30)35)10-13-29(14-11-26)24(34)21-9-8-20(32(36)37)16-22(21)27/h2-4,6-9,16H,5,10-15,17-18H2,1H3,(H,28,33). The van der Waals surface area contributed by atoms with Gasteiger partial charge in [-0.15, -0.1) is 0 Å². The number of nitro groups is 1. The number of ether oxygens (including phenoxy) is 1. The van der Waals surface area contributed by atoms with Crippen LogP contribution < -0.4 is 10.2 Å². The molecule has 0 aliphatic carbocycles. The monoisotopic (exact) mass is 543 g/mol. The quantitative estimate of drug-likeness (QED) is 0.293. The number of para-hydroxylation sites is 1. The van der Waals surface area contributed by atoms with Crippen LogP contribution in [0, 0.1) is 10.1 Å². The summed E-state index contributed by atoms with van der Waals surface area (Å²) >= 11 is 6.19. The summed E-state index contributed by atoms with van der Waals surface area (Å²) in [7, 11) is 1.60. The second-order valence-corrected chi connectivity index (χ2v) is 9.76. The molecule has 2 aliphatic rings. The van der Waals surface area contributed by atoms with Crippen molar-refractivity contribution in [2.75, 3.05) is 51.5 Å². The molecule has 0 aromatic heterocycles. The number of piperidine rings is 1. The highest BCUT2D eigenvalue weighted by atomic mass is 35.5. The lowest BCUT2D eigenvalue weighted by atomic mass is 9.85. The number of nitrogens with zero attached hydrogens (tertiary/aromatic N) is 4. The summed E-state index contributed by atoms with van der Waals surface area (Å²) in [5.74, 6) is -0.724. The first kappa shape index (κ1) is 27.3. The van der Waals surface area contributed by atoms with Gasteiger partial charge in [0.15, 0.2) is 0 Å². The summed E-state index contributed by atoms with van der Waals surface area (Å²) < 4.78 is 5.00. The van der Waals surface area contributed by atoms with Crippen molar-refractivity contribution in [2.45, 2.75) is 24.8 Å². The third-order valence-electron chi connectivity index (χ3n) is 7.04. The summed E-state index contributed by atoms with van der Waals surface area (Å²) in [6.07, 6.45) is 1.41. The van der Waals surface area contributed by atoms with E-state index in [2.05, 4.69) is 5.32 Å². The van der Waals surface area contributed by atoms with Crippen LogP contribution in [0.15, 0.2) is 48.5 Å². The van der Waals surface area contributed by atoms with Crippen molar-refractivity contribution in [1.29, 1.82) is 0 Å². The lowest BCUT2D eigenvalue weighted by molar-refractivity contribution is -0.384. The molecule has 12 heteroatoms. The molecule has 3 amide bonds. The molecule has 2 aliphatic heterocycles. The summed E-state index contributed by atoms with van der Waals surface area (Å²) in [6.45, 7) is 1.78. The van der Waals surface area contributed by atoms with E-state index in [0.29, 0.717) is 32.4 Å². The molecular weight excluding hydrogens is 514 g/mol. The van der Waals surface area contributed by atoms with Gasteiger partial charge >= 0.3 is 0 Å². The predicted octanol–water partition coefficient (Wildman–Crippen LogP) is 2.68. The number of non-ortho nitro benzene ring substituents is 1. The maximum Gasteiger partial charge on any atom is 0.270 e. The predicted molar refractivity (Wildman–Crippen MR) is 141 cm³/mol. The van der Waals surface area contributed by atoms with Crippen LogP contribution in [-0.2, 0) is 14.3 Å². The van der Waals surface area contributed by atoms with Crippen LogP contribution in [-0.4, -0.2) is 84.5 Å². The fraction of sp³-hybridized carbons (Fsp3) is 0.423. The third kappa shape index (κ3) is 5.58. The third-order valence-corrected chi connectivity index (χ3v) is 7.35. The number of carbonyl (C=O) groups is 3. The fourth-order valence-corrected chi connectivity index (χ4v) is 5.29. The Morgan fingerprint density at radius 3 is 2.50 bits per heavy atom. The van der Waals surface area contributed by atoms with Crippen molar-refractivity contribution < 1.29 is 24.0 Å². The van der Waals surface area contributed by atoms with Gasteiger partial charge in [0.2, 0.25) is 5.91 Å². The Labute approximate surface area is 225 Å². The van der Waals surface area contributed by atoms with Gasteiger partial charge in [0, 0.05) is 51.2 Å². The van der Waals surface area contributed by atoms with E-state index in [1.54, 1.807) is 16.9 Å². The minimum atomic E-state index is -0.895. The van der Waals surface area contributed by atoms with E-state index in [9.17, 15) is 24.5 Å². The number of halogens is 1. The van der Waals surface area contributed by atoms with E-state index in [4.69, 9.17) is 16.3 Å². The Hall–Kier alpha value is -3.70. The number of nitro benzene ring substituents is 1. The zero-order chi connectivity index (χ0) is 27.3. The number of carbonyl (C=O) groups excluding carboxylic acids is 3. The molecule has 2 aromatic rings. The molecular formula is C26H30ClN5O6. The minimum absolute atomic E-state index is 0.00929. The number of hydrogen-bond donors (Lipinski definition) is 1. The van der Waals surface area contributed by atoms with Crippen LogP contribution in [0.3, 0.4) is 0 Å². The first-order valence-corrected chi connectivity index (χ1v) is 12.8. The van der Waals surface area contributed by atoms with Gasteiger partial charge in [-0.3, -0.25) is 24.5 Å². The number of amides is 3. The van der Waals surface area contributed by atoms with E-state index in [-0.39, 0.29) is 60.3 Å². The zero-order valence-electron chi connectivity index (χ0n) is 21.1. The van der Waals surface area contributed by atoms with Crippen molar-refractivity contribution in [3.8, 4) is 0 Å². The number of likely N-dealkylation sites (tertiary alicyclic amines) is 1. The number of methoxy groups -OCH3 is 1. The van der Waals surface area contributed by atoms with E-state index >= 15 is 0 Å². The largest absolute Gasteiger partial charge is 0.385 e. The normalized spacial score (nSPS) is 16.7. The number of nitrogens with one attached hydrogen (secondary N) is 1. The van der Waals surface area contributed by atoms with Gasteiger partial charge in [-0.1, -0.05) is 29.8 Å². The Balaban J connectivity index is 1.49. The molecule has 2 fully saturated rings. The van der Waals surface area contributed by atoms with Crippen molar-refractivity contribution in [3.05, 3.63) is 69.2 Å². The second kappa shape index (κ2) is 11.8. The van der Waals surface area contributed by atoms with E-state index < -0.39 is 10.5 Å². The number of rotatable bonds is 9. The topological polar surface area (TPSA) is 125 Å². The van der Waals surface area contributed by atoms with Crippen LogP contribution >= 0.6 is 11.6 Å². The average molecular weight is 544 g/mol. The molecule has 2 aromatic carbocycles. The highest BCUT2D eigenvalue weighted by molar-refractivity contribution is 6.34. The first-order chi connectivity index (χ1) is 18.3. The van der Waals surface area contributed by atoms with Crippen LogP contribution in [0.25, 0.3) is 0 Å². The van der Waals surface area contributed by atoms with Gasteiger partial charge in [0.25, 0.3) is 17.5 Å². The van der Waals surface area contributed by atoms with Gasteiger partial charge in [-0.2, -0.15) is 0 Å². The Bertz CT molecular complexity index is 1200. The Morgan fingerprint density at radius 2 is 1.87 bits per heavy atom. The lowest BCUT2D eigenvalue weighted by Crippen LogP contribution is -2.57. The van der Waals surface area contributed by atoms with Gasteiger partial charge in [0.1, 0.15) is 12.1 Å². The van der Waals surface area contributed by atoms with Crippen LogP contribution in [0.2, 0.25) is 5.02 Å². The Morgan fingerprint density at radius 1 is 1.16 bits per heavy atom. The van der Waals surface area contributed by atoms with E-state index in [1.165, 1.54) is 12.1 Å². The number of anilines is 1. The van der Waals surface area contributed by atoms with Crippen molar-refractivity contribution in [1.82, 2.24) is 15.1 Å². The second-order valence-electron chi connectivity index (χ2n) is 9.35. The molecule has 1 spiro atoms. The molecule has 0 unspecified atom stereocenters. The highest BCUT2D eigenvalue weighted by Crippen LogP contribution is 2.40. The van der Waals surface area contributed by atoms with Crippen LogP contribution in [0.5, 0.6) is 0 Å². The summed E-state index contributed by atoms with van der Waals surface area (Å²) in [4.78, 5) is 55.2. The molecule has 1 N–H and O–H groups in total. The summed E-state index contributed by atoms with van der Waals surface area (Å²) in [6, 6.07) is 13.3. The molecule has 0 saturated carbocycles. The van der Waals surface area contributed by atoms with E-state index in [1.807, 2.05) is 35.2 Å². The van der Waals surface area contributed by atoms with E-state index in [0.717, 1.165) is 11.8 Å². The number of benzene rings is 2. The van der Waals surface area contributed by atoms with Crippen LogP contribution in [0.1, 0.15) is 29.6 Å². The molecule has 202 valence electrons. The van der Waals surface area contributed by atoms with Gasteiger partial charge in [-0.05, 0) is 37.5 Å². The highest BCUT2D eigenvalue weighted by Gasteiger charge is 2.54. The first-order valence-electron chi connectivity index (χ1n) is 12.4. The fourth-order valence-electron chi connectivity index (χ4n) is 5.04. The molecule has 38 heavy (non-hydrogen) atoms. The maximum absolute atomic E-state index is 13.8. The van der Waals surface area contributed by atoms with Gasteiger partial charge < -0.3 is 24.8 Å². The minimum Gasteiger partial charge on any atom is -0.385 e. The van der Waals surface area contributed by atoms with Gasteiger partial charge in [0.05, 0.1) is 22.2 Å². The summed E-state index contributed by atoms with van der Waals surface area (Å²) in [5, 5.41) is 13.8.